The molecule has 2 aromatic rings. The summed E-state index contributed by atoms with van der Waals surface area (Å²) in [6, 6.07) is 8.26. The number of likely N-dealkylation sites (N-methyl/N-ethyl adjacent to an activating group) is 1. The predicted octanol–water partition coefficient (Wildman–Crippen LogP) is 3.76. The lowest BCUT2D eigenvalue weighted by atomic mass is 10.2. The second-order valence-corrected chi connectivity index (χ2v) is 5.35. The number of halogens is 2. The maximum atomic E-state index is 4.61. The first-order chi connectivity index (χ1) is 7.79. The zero-order chi connectivity index (χ0) is 11.4. The van der Waals surface area contributed by atoms with Crippen molar-refractivity contribution in [2.24, 2.45) is 0 Å². The lowest BCUT2D eigenvalue weighted by Gasteiger charge is -1.97. The van der Waals surface area contributed by atoms with Crippen LogP contribution in [-0.2, 0) is 6.42 Å². The van der Waals surface area contributed by atoms with Crippen LogP contribution < -0.4 is 5.32 Å². The number of aromatic nitrogens is 1. The van der Waals surface area contributed by atoms with E-state index in [0.717, 1.165) is 23.1 Å². The molecule has 0 aliphatic carbocycles. The lowest BCUT2D eigenvalue weighted by molar-refractivity contribution is 0.788. The van der Waals surface area contributed by atoms with Gasteiger partial charge in [0.25, 0.3) is 0 Å². The summed E-state index contributed by atoms with van der Waals surface area (Å²) in [6.07, 6.45) is 0.998. The van der Waals surface area contributed by atoms with E-state index in [4.69, 9.17) is 0 Å². The molecule has 2 rings (SSSR count). The van der Waals surface area contributed by atoms with E-state index < -0.39 is 0 Å². The Morgan fingerprint density at radius 1 is 1.29 bits per heavy atom. The first-order valence-corrected chi connectivity index (χ1v) is 6.82. The van der Waals surface area contributed by atoms with E-state index in [-0.39, 0.29) is 12.4 Å². The maximum Gasteiger partial charge on any atom is 0.0945 e. The van der Waals surface area contributed by atoms with Crippen LogP contribution in [0, 0.1) is 0 Å². The van der Waals surface area contributed by atoms with Crippen molar-refractivity contribution in [2.75, 3.05) is 13.6 Å². The lowest BCUT2D eigenvalue weighted by Crippen LogP contribution is -2.09. The van der Waals surface area contributed by atoms with Crippen molar-refractivity contribution in [3.05, 3.63) is 39.1 Å². The van der Waals surface area contributed by atoms with Gasteiger partial charge in [0, 0.05) is 28.4 Å². The van der Waals surface area contributed by atoms with Gasteiger partial charge >= 0.3 is 0 Å². The van der Waals surface area contributed by atoms with Crippen molar-refractivity contribution < 1.29 is 0 Å². The third-order valence-electron chi connectivity index (χ3n) is 2.28. The zero-order valence-corrected chi connectivity index (χ0v) is 12.7. The minimum atomic E-state index is 0. The molecule has 1 aromatic heterocycles. The summed E-state index contributed by atoms with van der Waals surface area (Å²) in [6.45, 7) is 0.979. The van der Waals surface area contributed by atoms with E-state index in [1.54, 1.807) is 11.3 Å². The molecule has 0 unspecified atom stereocenters. The molecule has 0 fully saturated rings. The Balaban J connectivity index is 0.00000144. The Morgan fingerprint density at radius 2 is 2.00 bits per heavy atom. The Hall–Kier alpha value is -0.420. The van der Waals surface area contributed by atoms with Gasteiger partial charge in [-0.2, -0.15) is 0 Å². The Kier molecular flexibility index (Phi) is 6.12. The Labute approximate surface area is 120 Å². The van der Waals surface area contributed by atoms with Gasteiger partial charge in [0.05, 0.1) is 10.7 Å². The normalized spacial score (nSPS) is 10.0. The minimum absolute atomic E-state index is 0. The molecule has 0 radical (unpaired) electrons. The fourth-order valence-corrected chi connectivity index (χ4v) is 2.48. The van der Waals surface area contributed by atoms with Gasteiger partial charge in [-0.1, -0.05) is 28.1 Å². The molecule has 17 heavy (non-hydrogen) atoms. The Bertz CT molecular complexity index is 456. The van der Waals surface area contributed by atoms with E-state index in [2.05, 4.69) is 43.7 Å². The van der Waals surface area contributed by atoms with E-state index in [0.29, 0.717) is 0 Å². The number of thiazole rings is 1. The highest BCUT2D eigenvalue weighted by Gasteiger charge is 2.03. The van der Waals surface area contributed by atoms with Crippen molar-refractivity contribution >= 4 is 39.7 Å². The standard InChI is InChI=1S/C12H13BrN2S.ClH/c1-14-7-6-12-15-11(8-16-12)9-2-4-10(13)5-3-9;/h2-5,8,14H,6-7H2,1H3;1H. The molecule has 0 saturated heterocycles. The van der Waals surface area contributed by atoms with Crippen LogP contribution in [0.2, 0.25) is 0 Å². The van der Waals surface area contributed by atoms with Gasteiger partial charge in [-0.15, -0.1) is 23.7 Å². The van der Waals surface area contributed by atoms with E-state index in [1.165, 1.54) is 10.6 Å². The summed E-state index contributed by atoms with van der Waals surface area (Å²) in [5.74, 6) is 0. The highest BCUT2D eigenvalue weighted by molar-refractivity contribution is 9.10. The molecule has 1 N–H and O–H groups in total. The van der Waals surface area contributed by atoms with Gasteiger partial charge in [0.2, 0.25) is 0 Å². The topological polar surface area (TPSA) is 24.9 Å². The second-order valence-electron chi connectivity index (χ2n) is 3.49. The number of benzene rings is 1. The average Bonchev–Trinajstić information content (AvgIpc) is 2.76. The SMILES string of the molecule is CNCCc1nc(-c2ccc(Br)cc2)cs1.Cl. The van der Waals surface area contributed by atoms with Crippen molar-refractivity contribution in [3.63, 3.8) is 0 Å². The zero-order valence-electron chi connectivity index (χ0n) is 9.44. The number of hydrogen-bond donors (Lipinski definition) is 1. The number of hydrogen-bond acceptors (Lipinski definition) is 3. The molecule has 0 aliphatic heterocycles. The maximum absolute atomic E-state index is 4.61. The summed E-state index contributed by atoms with van der Waals surface area (Å²) in [4.78, 5) is 4.61. The molecule has 0 aliphatic rings. The molecule has 0 atom stereocenters. The quantitative estimate of drug-likeness (QED) is 0.921. The van der Waals surface area contributed by atoms with E-state index >= 15 is 0 Å². The van der Waals surface area contributed by atoms with Crippen LogP contribution in [0.3, 0.4) is 0 Å². The molecule has 1 heterocycles. The van der Waals surface area contributed by atoms with Crippen LogP contribution >= 0.6 is 39.7 Å². The summed E-state index contributed by atoms with van der Waals surface area (Å²) < 4.78 is 1.10. The molecule has 1 aromatic carbocycles. The molecule has 0 amide bonds. The first-order valence-electron chi connectivity index (χ1n) is 5.14. The van der Waals surface area contributed by atoms with Crippen molar-refractivity contribution in [3.8, 4) is 11.3 Å². The van der Waals surface area contributed by atoms with Crippen LogP contribution in [0.1, 0.15) is 5.01 Å². The van der Waals surface area contributed by atoms with Gasteiger partial charge < -0.3 is 5.32 Å². The van der Waals surface area contributed by atoms with Crippen LogP contribution in [0.15, 0.2) is 34.1 Å². The largest absolute Gasteiger partial charge is 0.319 e. The third-order valence-corrected chi connectivity index (χ3v) is 3.72. The molecule has 0 spiro atoms. The highest BCUT2D eigenvalue weighted by atomic mass is 79.9. The molecule has 92 valence electrons. The predicted molar refractivity (Wildman–Crippen MR) is 80.1 cm³/mol. The molecule has 2 nitrogen and oxygen atoms in total. The summed E-state index contributed by atoms with van der Waals surface area (Å²) >= 11 is 5.16. The van der Waals surface area contributed by atoms with Gasteiger partial charge in [-0.05, 0) is 19.2 Å². The van der Waals surface area contributed by atoms with Crippen molar-refractivity contribution in [1.29, 1.82) is 0 Å². The van der Waals surface area contributed by atoms with Crippen LogP contribution in [0.4, 0.5) is 0 Å². The number of nitrogens with one attached hydrogen (secondary N) is 1. The molecule has 5 heteroatoms. The van der Waals surface area contributed by atoms with Crippen LogP contribution in [0.25, 0.3) is 11.3 Å². The molecular formula is C12H14BrClN2S. The smallest absolute Gasteiger partial charge is 0.0945 e. The van der Waals surface area contributed by atoms with Gasteiger partial charge in [-0.3, -0.25) is 0 Å². The fourth-order valence-electron chi connectivity index (χ4n) is 1.41. The summed E-state index contributed by atoms with van der Waals surface area (Å²) in [5.41, 5.74) is 2.25. The van der Waals surface area contributed by atoms with E-state index in [9.17, 15) is 0 Å². The monoisotopic (exact) mass is 332 g/mol. The average molecular weight is 334 g/mol. The highest BCUT2D eigenvalue weighted by Crippen LogP contribution is 2.23. The Morgan fingerprint density at radius 3 is 2.65 bits per heavy atom. The number of rotatable bonds is 4. The molecule has 0 bridgehead atoms. The summed E-state index contributed by atoms with van der Waals surface area (Å²) in [5, 5.41) is 6.44. The van der Waals surface area contributed by atoms with Crippen LogP contribution in [-0.4, -0.2) is 18.6 Å². The first kappa shape index (κ1) is 14.6. The number of nitrogens with zero attached hydrogens (tertiary/aromatic N) is 1. The second kappa shape index (κ2) is 7.11. The van der Waals surface area contributed by atoms with Crippen molar-refractivity contribution in [2.45, 2.75) is 6.42 Å². The third kappa shape index (κ3) is 4.07. The van der Waals surface area contributed by atoms with E-state index in [1.807, 2.05) is 19.2 Å². The van der Waals surface area contributed by atoms with Gasteiger partial charge in [-0.25, -0.2) is 4.98 Å². The fraction of sp³-hybridized carbons (Fsp3) is 0.250. The van der Waals surface area contributed by atoms with Gasteiger partial charge in [0.15, 0.2) is 0 Å². The summed E-state index contributed by atoms with van der Waals surface area (Å²) in [7, 11) is 1.96. The van der Waals surface area contributed by atoms with Gasteiger partial charge in [0.1, 0.15) is 0 Å². The minimum Gasteiger partial charge on any atom is -0.319 e. The molecular weight excluding hydrogens is 320 g/mol. The van der Waals surface area contributed by atoms with Crippen molar-refractivity contribution in [1.82, 2.24) is 10.3 Å². The van der Waals surface area contributed by atoms with Crippen LogP contribution in [0.5, 0.6) is 0 Å². The molecule has 0 saturated carbocycles.